The van der Waals surface area contributed by atoms with Crippen LogP contribution in [0.1, 0.15) is 31.4 Å². The third kappa shape index (κ3) is 4.50. The maximum atomic E-state index is 13.0. The van der Waals surface area contributed by atoms with Gasteiger partial charge in [0.25, 0.3) is 0 Å². The lowest BCUT2D eigenvalue weighted by Gasteiger charge is -2.20. The number of rotatable bonds is 6. The molecule has 0 aliphatic carbocycles. The molecule has 0 fully saturated rings. The van der Waals surface area contributed by atoms with Crippen molar-refractivity contribution in [2.24, 2.45) is 0 Å². The zero-order valence-corrected chi connectivity index (χ0v) is 17.8. The van der Waals surface area contributed by atoms with Gasteiger partial charge in [0.2, 0.25) is 11.8 Å². The molecule has 3 rings (SSSR count). The molecule has 1 heterocycles. The number of hydrogen-bond acceptors (Lipinski definition) is 4. The Bertz CT molecular complexity index is 1020. The van der Waals surface area contributed by atoms with E-state index in [2.05, 4.69) is 0 Å². The van der Waals surface area contributed by atoms with Crippen LogP contribution in [-0.2, 0) is 32.4 Å². The average Bonchev–Trinajstić information content (AvgIpc) is 3.12. The molecule has 2 amide bonds. The van der Waals surface area contributed by atoms with Crippen LogP contribution in [0.15, 0.2) is 53.4 Å². The highest BCUT2D eigenvalue weighted by Gasteiger charge is 2.29. The summed E-state index contributed by atoms with van der Waals surface area (Å²) in [6.45, 7) is 4.07. The van der Waals surface area contributed by atoms with E-state index in [1.165, 1.54) is 13.0 Å². The van der Waals surface area contributed by atoms with Crippen LogP contribution in [0, 0.1) is 0 Å². The van der Waals surface area contributed by atoms with Crippen LogP contribution >= 0.6 is 0 Å². The van der Waals surface area contributed by atoms with Crippen molar-refractivity contribution in [3.05, 3.63) is 59.7 Å². The third-order valence-electron chi connectivity index (χ3n) is 5.34. The summed E-state index contributed by atoms with van der Waals surface area (Å²) in [5.74, 6) is -0.270. The average molecular weight is 415 g/mol. The van der Waals surface area contributed by atoms with Gasteiger partial charge in [-0.15, -0.1) is 0 Å². The lowest BCUT2D eigenvalue weighted by molar-refractivity contribution is -0.130. The van der Waals surface area contributed by atoms with Gasteiger partial charge in [0.15, 0.2) is 9.84 Å². The lowest BCUT2D eigenvalue weighted by atomic mass is 10.2. The van der Waals surface area contributed by atoms with Gasteiger partial charge in [-0.3, -0.25) is 9.59 Å². The van der Waals surface area contributed by atoms with Crippen LogP contribution < -0.4 is 4.90 Å². The summed E-state index contributed by atoms with van der Waals surface area (Å²) in [4.78, 5) is 27.6. The molecule has 1 atom stereocenters. The number of fused-ring (bicyclic) bond motifs is 1. The number of nitrogens with zero attached hydrogens (tertiary/aromatic N) is 2. The number of amides is 2. The van der Waals surface area contributed by atoms with Crippen molar-refractivity contribution in [3.63, 3.8) is 0 Å². The van der Waals surface area contributed by atoms with Crippen molar-refractivity contribution < 1.29 is 18.0 Å². The highest BCUT2D eigenvalue weighted by atomic mass is 32.2. The van der Waals surface area contributed by atoms with Crippen LogP contribution in [0.25, 0.3) is 0 Å². The Hall–Kier alpha value is -2.67. The summed E-state index contributed by atoms with van der Waals surface area (Å²) in [5, 5.41) is -0.836. The second-order valence-electron chi connectivity index (χ2n) is 7.51. The molecule has 2 aromatic rings. The maximum absolute atomic E-state index is 13.0. The summed E-state index contributed by atoms with van der Waals surface area (Å²) in [6, 6.07) is 14.4. The third-order valence-corrected chi connectivity index (χ3v) is 7.47. The normalized spacial score (nSPS) is 14.4. The van der Waals surface area contributed by atoms with Crippen molar-refractivity contribution in [3.8, 4) is 0 Å². The van der Waals surface area contributed by atoms with Crippen molar-refractivity contribution in [1.82, 2.24) is 4.90 Å². The Morgan fingerprint density at radius 3 is 2.48 bits per heavy atom. The highest BCUT2D eigenvalue weighted by molar-refractivity contribution is 7.92. The Morgan fingerprint density at radius 2 is 1.83 bits per heavy atom. The molecular weight excluding hydrogens is 388 g/mol. The van der Waals surface area contributed by atoms with Gasteiger partial charge < -0.3 is 9.80 Å². The minimum Gasteiger partial charge on any atom is -0.341 e. The topological polar surface area (TPSA) is 74.8 Å². The zero-order valence-electron chi connectivity index (χ0n) is 17.0. The van der Waals surface area contributed by atoms with E-state index in [9.17, 15) is 18.0 Å². The molecule has 154 valence electrons. The van der Waals surface area contributed by atoms with E-state index in [-0.39, 0.29) is 23.1 Å². The number of benzene rings is 2. The largest absolute Gasteiger partial charge is 0.341 e. The Morgan fingerprint density at radius 1 is 1.14 bits per heavy atom. The summed E-state index contributed by atoms with van der Waals surface area (Å²) in [5.41, 5.74) is 2.61. The number of carbonyl (C=O) groups is 2. The van der Waals surface area contributed by atoms with E-state index in [1.807, 2.05) is 30.3 Å². The summed E-state index contributed by atoms with van der Waals surface area (Å²) in [7, 11) is -1.97. The highest BCUT2D eigenvalue weighted by Crippen LogP contribution is 2.31. The Kier molecular flexibility index (Phi) is 6.07. The standard InChI is InChI=1S/C22H26N2O4S/c1-16(13-22(26)23(3)15-18-7-5-4-6-8-18)29(27,28)20-9-10-21-19(14-20)11-12-24(21)17(2)25/h4-10,14,16H,11-13,15H2,1-3H3. The SMILES string of the molecule is CC(=O)N1CCc2cc(S(=O)(=O)C(C)CC(=O)N(C)Cc3ccccc3)ccc21. The van der Waals surface area contributed by atoms with Gasteiger partial charge >= 0.3 is 0 Å². The first-order valence-corrected chi connectivity index (χ1v) is 11.2. The van der Waals surface area contributed by atoms with Crippen LogP contribution in [0.4, 0.5) is 5.69 Å². The monoisotopic (exact) mass is 414 g/mol. The zero-order chi connectivity index (χ0) is 21.2. The van der Waals surface area contributed by atoms with Crippen molar-refractivity contribution in [2.75, 3.05) is 18.5 Å². The molecule has 1 unspecified atom stereocenters. The lowest BCUT2D eigenvalue weighted by Crippen LogP contribution is -2.31. The van der Waals surface area contributed by atoms with E-state index in [0.29, 0.717) is 19.5 Å². The van der Waals surface area contributed by atoms with Gasteiger partial charge in [-0.2, -0.15) is 0 Å². The number of anilines is 1. The predicted octanol–water partition coefficient (Wildman–Crippen LogP) is 2.81. The van der Waals surface area contributed by atoms with Crippen LogP contribution in [0.2, 0.25) is 0 Å². The molecule has 2 aromatic carbocycles. The number of carbonyl (C=O) groups excluding carboxylic acids is 2. The minimum absolute atomic E-state index is 0.0558. The first-order chi connectivity index (χ1) is 13.7. The predicted molar refractivity (Wildman–Crippen MR) is 112 cm³/mol. The van der Waals surface area contributed by atoms with Crippen LogP contribution in [0.5, 0.6) is 0 Å². The van der Waals surface area contributed by atoms with E-state index < -0.39 is 15.1 Å². The van der Waals surface area contributed by atoms with Crippen LogP contribution in [-0.4, -0.2) is 44.0 Å². The van der Waals surface area contributed by atoms with Crippen molar-refractivity contribution in [1.29, 1.82) is 0 Å². The van der Waals surface area contributed by atoms with E-state index >= 15 is 0 Å². The minimum atomic E-state index is -3.65. The van der Waals surface area contributed by atoms with Gasteiger partial charge in [-0.1, -0.05) is 30.3 Å². The fourth-order valence-electron chi connectivity index (χ4n) is 3.57. The molecule has 7 heteroatoms. The first-order valence-electron chi connectivity index (χ1n) is 9.63. The maximum Gasteiger partial charge on any atom is 0.223 e. The van der Waals surface area contributed by atoms with E-state index in [0.717, 1.165) is 16.8 Å². The van der Waals surface area contributed by atoms with E-state index in [1.54, 1.807) is 35.9 Å². The molecule has 0 saturated heterocycles. The molecule has 0 spiro atoms. The Balaban J connectivity index is 1.71. The summed E-state index contributed by atoms with van der Waals surface area (Å²) < 4.78 is 26.0. The fraction of sp³-hybridized carbons (Fsp3) is 0.364. The number of hydrogen-bond donors (Lipinski definition) is 0. The van der Waals surface area contributed by atoms with Crippen molar-refractivity contribution >= 4 is 27.3 Å². The molecule has 0 saturated carbocycles. The molecule has 29 heavy (non-hydrogen) atoms. The summed E-state index contributed by atoms with van der Waals surface area (Å²) in [6.07, 6.45) is 0.549. The van der Waals surface area contributed by atoms with E-state index in [4.69, 9.17) is 0 Å². The van der Waals surface area contributed by atoms with Gasteiger partial charge in [0, 0.05) is 39.2 Å². The quantitative estimate of drug-likeness (QED) is 0.729. The second-order valence-corrected chi connectivity index (χ2v) is 9.87. The van der Waals surface area contributed by atoms with Crippen molar-refractivity contribution in [2.45, 2.75) is 43.4 Å². The molecule has 0 radical (unpaired) electrons. The molecule has 6 nitrogen and oxygen atoms in total. The molecule has 1 aliphatic rings. The fourth-order valence-corrected chi connectivity index (χ4v) is 4.96. The molecule has 0 aromatic heterocycles. The van der Waals surface area contributed by atoms with Crippen LogP contribution in [0.3, 0.4) is 0 Å². The first kappa shape index (κ1) is 21.0. The smallest absolute Gasteiger partial charge is 0.223 e. The molecule has 0 N–H and O–H groups in total. The van der Waals surface area contributed by atoms with Gasteiger partial charge in [-0.05, 0) is 42.7 Å². The van der Waals surface area contributed by atoms with Gasteiger partial charge in [0.1, 0.15) is 0 Å². The second kappa shape index (κ2) is 8.37. The molecule has 1 aliphatic heterocycles. The number of sulfone groups is 1. The molecular formula is C22H26N2O4S. The summed E-state index contributed by atoms with van der Waals surface area (Å²) >= 11 is 0. The van der Waals surface area contributed by atoms with Gasteiger partial charge in [-0.25, -0.2) is 8.42 Å². The Labute approximate surface area is 172 Å². The molecule has 0 bridgehead atoms. The van der Waals surface area contributed by atoms with Gasteiger partial charge in [0.05, 0.1) is 10.1 Å².